The highest BCUT2D eigenvalue weighted by Gasteiger charge is 2.06. The smallest absolute Gasteiger partial charge is 0.338 e. The lowest BCUT2D eigenvalue weighted by Crippen LogP contribution is -2.09. The number of hydrogen-bond acceptors (Lipinski definition) is 5. The molecule has 112 valence electrons. The normalized spacial score (nSPS) is 11.4. The van der Waals surface area contributed by atoms with Crippen LogP contribution in [0.2, 0.25) is 0 Å². The van der Waals surface area contributed by atoms with Crippen molar-refractivity contribution in [1.82, 2.24) is 0 Å². The molecule has 5 nitrogen and oxygen atoms in total. The molecule has 0 amide bonds. The van der Waals surface area contributed by atoms with Crippen molar-refractivity contribution in [2.75, 3.05) is 19.8 Å². The third kappa shape index (κ3) is 7.08. The Kier molecular flexibility index (Phi) is 7.53. The van der Waals surface area contributed by atoms with Crippen LogP contribution in [0.15, 0.2) is 54.1 Å². The van der Waals surface area contributed by atoms with Gasteiger partial charge in [0.15, 0.2) is 0 Å². The Balaban J connectivity index is 2.43. The molecule has 0 aliphatic heterocycles. The Labute approximate surface area is 123 Å². The highest BCUT2D eigenvalue weighted by Crippen LogP contribution is 2.03. The van der Waals surface area contributed by atoms with Crippen LogP contribution >= 0.6 is 0 Å². The molecule has 0 aliphatic carbocycles. The van der Waals surface area contributed by atoms with Gasteiger partial charge in [0, 0.05) is 6.92 Å². The number of ether oxygens (including phenoxy) is 2. The van der Waals surface area contributed by atoms with Gasteiger partial charge in [-0.3, -0.25) is 4.79 Å². The summed E-state index contributed by atoms with van der Waals surface area (Å²) in [6.07, 6.45) is 4.86. The van der Waals surface area contributed by atoms with Gasteiger partial charge >= 0.3 is 11.9 Å². The summed E-state index contributed by atoms with van der Waals surface area (Å²) in [6.45, 7) is 1.27. The van der Waals surface area contributed by atoms with Crippen LogP contribution in [0.1, 0.15) is 17.3 Å². The van der Waals surface area contributed by atoms with Crippen molar-refractivity contribution in [2.24, 2.45) is 0 Å². The van der Waals surface area contributed by atoms with E-state index in [1.54, 1.807) is 42.5 Å². The van der Waals surface area contributed by atoms with Gasteiger partial charge in [-0.05, 0) is 23.8 Å². The summed E-state index contributed by atoms with van der Waals surface area (Å²) in [5, 5.41) is 9.18. The summed E-state index contributed by atoms with van der Waals surface area (Å²) >= 11 is 0. The number of aliphatic hydroxyl groups is 1. The largest absolute Gasteiger partial charge is 0.462 e. The minimum absolute atomic E-state index is 0.00212. The predicted molar refractivity (Wildman–Crippen MR) is 77.7 cm³/mol. The first-order chi connectivity index (χ1) is 10.1. The quantitative estimate of drug-likeness (QED) is 0.613. The number of carbonyl (C=O) groups excluding carboxylic acids is 2. The van der Waals surface area contributed by atoms with Gasteiger partial charge in [0.25, 0.3) is 0 Å². The molecule has 1 aromatic rings. The SMILES string of the molecule is CC(=O)OC/C=C\C=C(/CO)COC(=O)c1ccccc1. The van der Waals surface area contributed by atoms with Crippen molar-refractivity contribution in [2.45, 2.75) is 6.92 Å². The van der Waals surface area contributed by atoms with E-state index in [4.69, 9.17) is 9.47 Å². The molecule has 0 fully saturated rings. The van der Waals surface area contributed by atoms with Crippen LogP contribution in [0.25, 0.3) is 0 Å². The number of allylic oxidation sites excluding steroid dienone is 2. The van der Waals surface area contributed by atoms with Crippen molar-refractivity contribution in [3.05, 3.63) is 59.7 Å². The first kappa shape index (κ1) is 16.7. The van der Waals surface area contributed by atoms with Crippen molar-refractivity contribution in [1.29, 1.82) is 0 Å². The fraction of sp³-hybridized carbons (Fsp3) is 0.250. The lowest BCUT2D eigenvalue weighted by molar-refractivity contribution is -0.139. The maximum atomic E-state index is 11.7. The van der Waals surface area contributed by atoms with Gasteiger partial charge < -0.3 is 14.6 Å². The Morgan fingerprint density at radius 1 is 1.19 bits per heavy atom. The minimum atomic E-state index is -0.446. The molecule has 1 N–H and O–H groups in total. The minimum Gasteiger partial charge on any atom is -0.462 e. The maximum Gasteiger partial charge on any atom is 0.338 e. The van der Waals surface area contributed by atoms with Gasteiger partial charge in [-0.2, -0.15) is 0 Å². The summed E-state index contributed by atoms with van der Waals surface area (Å²) in [5.41, 5.74) is 0.999. The highest BCUT2D eigenvalue weighted by atomic mass is 16.5. The Hall–Kier alpha value is -2.40. The Morgan fingerprint density at radius 2 is 1.90 bits per heavy atom. The molecule has 1 rings (SSSR count). The first-order valence-electron chi connectivity index (χ1n) is 6.44. The zero-order valence-electron chi connectivity index (χ0n) is 11.8. The lowest BCUT2D eigenvalue weighted by Gasteiger charge is -2.06. The van der Waals surface area contributed by atoms with E-state index >= 15 is 0 Å². The van der Waals surface area contributed by atoms with Gasteiger partial charge in [0.1, 0.15) is 13.2 Å². The lowest BCUT2D eigenvalue weighted by atomic mass is 10.2. The Bertz CT molecular complexity index is 517. The summed E-state index contributed by atoms with van der Waals surface area (Å²) in [5.74, 6) is -0.804. The first-order valence-corrected chi connectivity index (χ1v) is 6.44. The van der Waals surface area contributed by atoms with Crippen LogP contribution in [0.3, 0.4) is 0 Å². The second kappa shape index (κ2) is 9.50. The van der Waals surface area contributed by atoms with Crippen LogP contribution < -0.4 is 0 Å². The molecule has 0 unspecified atom stereocenters. The molecular weight excluding hydrogens is 272 g/mol. The van der Waals surface area contributed by atoms with Crippen LogP contribution in [-0.2, 0) is 14.3 Å². The second-order valence-corrected chi connectivity index (χ2v) is 4.16. The zero-order chi connectivity index (χ0) is 15.5. The molecule has 0 atom stereocenters. The van der Waals surface area contributed by atoms with Crippen LogP contribution in [0.4, 0.5) is 0 Å². The maximum absolute atomic E-state index is 11.7. The van der Waals surface area contributed by atoms with E-state index in [9.17, 15) is 14.7 Å². The van der Waals surface area contributed by atoms with Crippen molar-refractivity contribution >= 4 is 11.9 Å². The molecule has 0 spiro atoms. The molecule has 0 bridgehead atoms. The van der Waals surface area contributed by atoms with Gasteiger partial charge in [0.05, 0.1) is 12.2 Å². The average Bonchev–Trinajstić information content (AvgIpc) is 2.50. The van der Waals surface area contributed by atoms with E-state index in [2.05, 4.69) is 0 Å². The monoisotopic (exact) mass is 290 g/mol. The number of esters is 2. The van der Waals surface area contributed by atoms with Gasteiger partial charge in [-0.15, -0.1) is 0 Å². The molecule has 1 aromatic carbocycles. The van der Waals surface area contributed by atoms with Crippen molar-refractivity contribution in [3.63, 3.8) is 0 Å². The van der Waals surface area contributed by atoms with E-state index in [-0.39, 0.29) is 25.8 Å². The molecule has 0 saturated carbocycles. The zero-order valence-corrected chi connectivity index (χ0v) is 11.8. The predicted octanol–water partition coefficient (Wildman–Crippen LogP) is 1.88. The van der Waals surface area contributed by atoms with E-state index in [0.717, 1.165) is 0 Å². The molecule has 0 aromatic heterocycles. The molecule has 21 heavy (non-hydrogen) atoms. The Morgan fingerprint density at radius 3 is 2.52 bits per heavy atom. The van der Waals surface area contributed by atoms with Crippen LogP contribution in [0, 0.1) is 0 Å². The van der Waals surface area contributed by atoms with E-state index in [1.807, 2.05) is 6.07 Å². The number of benzene rings is 1. The van der Waals surface area contributed by atoms with E-state index in [0.29, 0.717) is 11.1 Å². The number of hydrogen-bond donors (Lipinski definition) is 1. The molecule has 0 saturated heterocycles. The summed E-state index contributed by atoms with van der Waals surface area (Å²) < 4.78 is 9.80. The van der Waals surface area contributed by atoms with Crippen LogP contribution in [0.5, 0.6) is 0 Å². The van der Waals surface area contributed by atoms with Crippen molar-refractivity contribution in [3.8, 4) is 0 Å². The fourth-order valence-corrected chi connectivity index (χ4v) is 1.39. The molecule has 0 heterocycles. The van der Waals surface area contributed by atoms with E-state index < -0.39 is 5.97 Å². The standard InChI is InChI=1S/C16H18O5/c1-13(18)20-10-6-5-7-14(11-17)12-21-16(19)15-8-3-2-4-9-15/h2-9,17H,10-12H2,1H3/b6-5-,14-7+. The highest BCUT2D eigenvalue weighted by molar-refractivity contribution is 5.89. The van der Waals surface area contributed by atoms with Crippen LogP contribution in [-0.4, -0.2) is 36.9 Å². The number of aliphatic hydroxyl groups excluding tert-OH is 1. The molecule has 0 radical (unpaired) electrons. The van der Waals surface area contributed by atoms with Gasteiger partial charge in [0.2, 0.25) is 0 Å². The third-order valence-electron chi connectivity index (χ3n) is 2.45. The molecule has 0 aliphatic rings. The number of carbonyl (C=O) groups is 2. The summed E-state index contributed by atoms with van der Waals surface area (Å²) in [7, 11) is 0. The topological polar surface area (TPSA) is 72.8 Å². The summed E-state index contributed by atoms with van der Waals surface area (Å²) in [6, 6.07) is 8.62. The number of rotatable bonds is 7. The molecule has 5 heteroatoms. The van der Waals surface area contributed by atoms with Crippen molar-refractivity contribution < 1.29 is 24.2 Å². The second-order valence-electron chi connectivity index (χ2n) is 4.16. The van der Waals surface area contributed by atoms with Gasteiger partial charge in [-0.1, -0.05) is 30.4 Å². The van der Waals surface area contributed by atoms with E-state index in [1.165, 1.54) is 6.92 Å². The summed E-state index contributed by atoms with van der Waals surface area (Å²) in [4.78, 5) is 22.2. The molecular formula is C16H18O5. The van der Waals surface area contributed by atoms with Gasteiger partial charge in [-0.25, -0.2) is 4.79 Å². The third-order valence-corrected chi connectivity index (χ3v) is 2.45. The average molecular weight is 290 g/mol. The fourth-order valence-electron chi connectivity index (χ4n) is 1.39.